The van der Waals surface area contributed by atoms with Crippen molar-refractivity contribution in [1.82, 2.24) is 0 Å². The van der Waals surface area contributed by atoms with Gasteiger partial charge in [-0.1, -0.05) is 81.5 Å². The Kier molecular flexibility index (Phi) is 8.52. The smallest absolute Gasteiger partial charge is 0.343 e. The Morgan fingerprint density at radius 2 is 1.27 bits per heavy atom. The topological polar surface area (TPSA) is 35.5 Å². The van der Waals surface area contributed by atoms with Crippen LogP contribution in [-0.4, -0.2) is 12.6 Å². The molecule has 0 aliphatic carbocycles. The van der Waals surface area contributed by atoms with Gasteiger partial charge < -0.3 is 9.47 Å². The van der Waals surface area contributed by atoms with Gasteiger partial charge in [-0.05, 0) is 53.9 Å². The summed E-state index contributed by atoms with van der Waals surface area (Å²) in [4.78, 5) is 12.4. The van der Waals surface area contributed by atoms with E-state index < -0.39 is 0 Å². The lowest BCUT2D eigenvalue weighted by Crippen LogP contribution is -2.08. The summed E-state index contributed by atoms with van der Waals surface area (Å²) in [7, 11) is 0. The van der Waals surface area contributed by atoms with E-state index in [9.17, 15) is 4.79 Å². The number of hydrogen-bond donors (Lipinski definition) is 0. The molecule has 3 heteroatoms. The van der Waals surface area contributed by atoms with Gasteiger partial charge in [-0.25, -0.2) is 4.79 Å². The Hall–Kier alpha value is -3.07. The Morgan fingerprint density at radius 1 is 0.667 bits per heavy atom. The Morgan fingerprint density at radius 3 is 1.97 bits per heavy atom. The van der Waals surface area contributed by atoms with Crippen LogP contribution < -0.4 is 9.47 Å². The molecule has 3 aromatic carbocycles. The molecule has 0 saturated carbocycles. The van der Waals surface area contributed by atoms with Gasteiger partial charge in [0.2, 0.25) is 0 Å². The van der Waals surface area contributed by atoms with E-state index in [1.54, 1.807) is 24.3 Å². The van der Waals surface area contributed by atoms with Crippen molar-refractivity contribution in [1.29, 1.82) is 0 Å². The van der Waals surface area contributed by atoms with Crippen molar-refractivity contribution in [3.63, 3.8) is 0 Å². The van der Waals surface area contributed by atoms with Crippen molar-refractivity contribution >= 4 is 5.97 Å². The minimum Gasteiger partial charge on any atom is -0.494 e. The van der Waals surface area contributed by atoms with Gasteiger partial charge >= 0.3 is 5.97 Å². The Balaban J connectivity index is 1.45. The van der Waals surface area contributed by atoms with Crippen LogP contribution >= 0.6 is 0 Å². The molecule has 0 unspecified atom stereocenters. The first-order chi connectivity index (χ1) is 14.8. The van der Waals surface area contributed by atoms with Gasteiger partial charge in [0.15, 0.2) is 0 Å². The standard InChI is InChI=1S/C27H30O3/c1-2-3-4-5-6-10-21-29-25-17-19-26(20-18-25)30-27(28)24-15-13-23(14-16-24)22-11-8-7-9-12-22/h7-9,11-20H,2-6,10,21H2,1H3. The molecular formula is C27H30O3. The average Bonchev–Trinajstić information content (AvgIpc) is 2.80. The average molecular weight is 403 g/mol. The summed E-state index contributed by atoms with van der Waals surface area (Å²) in [5, 5.41) is 0. The predicted octanol–water partition coefficient (Wildman–Crippen LogP) is 7.31. The largest absolute Gasteiger partial charge is 0.494 e. The van der Waals surface area contributed by atoms with Crippen molar-refractivity contribution in [2.45, 2.75) is 45.4 Å². The van der Waals surface area contributed by atoms with E-state index in [1.807, 2.05) is 54.6 Å². The number of benzene rings is 3. The zero-order valence-corrected chi connectivity index (χ0v) is 17.7. The van der Waals surface area contributed by atoms with E-state index in [0.717, 1.165) is 29.9 Å². The second-order valence-electron chi connectivity index (χ2n) is 7.42. The molecule has 0 aromatic heterocycles. The molecule has 3 nitrogen and oxygen atoms in total. The molecule has 3 rings (SSSR count). The molecule has 0 fully saturated rings. The third-order valence-corrected chi connectivity index (χ3v) is 5.03. The fourth-order valence-electron chi connectivity index (χ4n) is 3.27. The molecule has 0 N–H and O–H groups in total. The summed E-state index contributed by atoms with van der Waals surface area (Å²) < 4.78 is 11.3. The van der Waals surface area contributed by atoms with Gasteiger partial charge in [0.25, 0.3) is 0 Å². The molecular weight excluding hydrogens is 372 g/mol. The monoisotopic (exact) mass is 402 g/mol. The molecule has 0 heterocycles. The number of ether oxygens (including phenoxy) is 2. The molecule has 0 bridgehead atoms. The van der Waals surface area contributed by atoms with Crippen LogP contribution in [0.15, 0.2) is 78.9 Å². The number of esters is 1. The zero-order valence-electron chi connectivity index (χ0n) is 17.7. The highest BCUT2D eigenvalue weighted by molar-refractivity contribution is 5.91. The SMILES string of the molecule is CCCCCCCCOc1ccc(OC(=O)c2ccc(-c3ccccc3)cc2)cc1. The van der Waals surface area contributed by atoms with Crippen LogP contribution in [0.2, 0.25) is 0 Å². The van der Waals surface area contributed by atoms with Gasteiger partial charge in [0.05, 0.1) is 12.2 Å². The highest BCUT2D eigenvalue weighted by atomic mass is 16.5. The predicted molar refractivity (Wildman–Crippen MR) is 122 cm³/mol. The summed E-state index contributed by atoms with van der Waals surface area (Å²) in [6, 6.07) is 24.8. The molecule has 30 heavy (non-hydrogen) atoms. The number of carbonyl (C=O) groups excluding carboxylic acids is 1. The first-order valence-electron chi connectivity index (χ1n) is 10.9. The van der Waals surface area contributed by atoms with Gasteiger partial charge in [-0.3, -0.25) is 0 Å². The van der Waals surface area contributed by atoms with E-state index >= 15 is 0 Å². The summed E-state index contributed by atoms with van der Waals surface area (Å²) >= 11 is 0. The summed E-state index contributed by atoms with van der Waals surface area (Å²) in [6.45, 7) is 2.95. The first kappa shape index (κ1) is 21.6. The van der Waals surface area contributed by atoms with Crippen molar-refractivity contribution < 1.29 is 14.3 Å². The van der Waals surface area contributed by atoms with Gasteiger partial charge in [0.1, 0.15) is 11.5 Å². The minimum atomic E-state index is -0.365. The maximum Gasteiger partial charge on any atom is 0.343 e. The van der Waals surface area contributed by atoms with E-state index in [1.165, 1.54) is 32.1 Å². The van der Waals surface area contributed by atoms with Crippen molar-refractivity contribution in [3.05, 3.63) is 84.4 Å². The second-order valence-corrected chi connectivity index (χ2v) is 7.42. The number of hydrogen-bond acceptors (Lipinski definition) is 3. The minimum absolute atomic E-state index is 0.365. The first-order valence-corrected chi connectivity index (χ1v) is 10.9. The van der Waals surface area contributed by atoms with Crippen LogP contribution in [0.3, 0.4) is 0 Å². The fraction of sp³-hybridized carbons (Fsp3) is 0.296. The van der Waals surface area contributed by atoms with Crippen molar-refractivity contribution in [3.8, 4) is 22.6 Å². The molecule has 0 aliphatic rings. The lowest BCUT2D eigenvalue weighted by Gasteiger charge is -2.08. The molecule has 0 aliphatic heterocycles. The third-order valence-electron chi connectivity index (χ3n) is 5.03. The van der Waals surface area contributed by atoms with Gasteiger partial charge in [0, 0.05) is 0 Å². The van der Waals surface area contributed by atoms with Gasteiger partial charge in [-0.15, -0.1) is 0 Å². The quantitative estimate of drug-likeness (QED) is 0.192. The van der Waals surface area contributed by atoms with Crippen LogP contribution in [0.25, 0.3) is 11.1 Å². The molecule has 3 aromatic rings. The number of unbranched alkanes of at least 4 members (excludes halogenated alkanes) is 5. The highest BCUT2D eigenvalue weighted by Crippen LogP contribution is 2.22. The van der Waals surface area contributed by atoms with E-state index in [0.29, 0.717) is 11.3 Å². The molecule has 0 amide bonds. The Bertz CT molecular complexity index is 884. The van der Waals surface area contributed by atoms with Crippen molar-refractivity contribution in [2.24, 2.45) is 0 Å². The van der Waals surface area contributed by atoms with Crippen LogP contribution in [0, 0.1) is 0 Å². The molecule has 0 atom stereocenters. The zero-order chi connectivity index (χ0) is 21.0. The third kappa shape index (κ3) is 6.77. The van der Waals surface area contributed by atoms with Crippen LogP contribution in [0.1, 0.15) is 55.8 Å². The van der Waals surface area contributed by atoms with Crippen LogP contribution in [0.4, 0.5) is 0 Å². The number of rotatable bonds is 11. The Labute approximate surface area is 179 Å². The highest BCUT2D eigenvalue weighted by Gasteiger charge is 2.09. The summed E-state index contributed by atoms with van der Waals surface area (Å²) in [5.41, 5.74) is 2.71. The molecule has 0 radical (unpaired) electrons. The van der Waals surface area contributed by atoms with E-state index in [4.69, 9.17) is 9.47 Å². The lowest BCUT2D eigenvalue weighted by molar-refractivity contribution is 0.0734. The summed E-state index contributed by atoms with van der Waals surface area (Å²) in [6.07, 6.45) is 7.45. The van der Waals surface area contributed by atoms with Crippen molar-refractivity contribution in [2.75, 3.05) is 6.61 Å². The van der Waals surface area contributed by atoms with E-state index in [-0.39, 0.29) is 5.97 Å². The number of carbonyl (C=O) groups is 1. The van der Waals surface area contributed by atoms with Gasteiger partial charge in [-0.2, -0.15) is 0 Å². The maximum absolute atomic E-state index is 12.4. The second kappa shape index (κ2) is 11.8. The lowest BCUT2D eigenvalue weighted by atomic mass is 10.0. The van der Waals surface area contributed by atoms with Crippen LogP contribution in [0.5, 0.6) is 11.5 Å². The molecule has 156 valence electrons. The molecule has 0 saturated heterocycles. The molecule has 0 spiro atoms. The summed E-state index contributed by atoms with van der Waals surface area (Å²) in [5.74, 6) is 0.949. The van der Waals surface area contributed by atoms with Crippen LogP contribution in [-0.2, 0) is 0 Å². The maximum atomic E-state index is 12.4. The van der Waals surface area contributed by atoms with E-state index in [2.05, 4.69) is 6.92 Å². The normalized spacial score (nSPS) is 10.6. The fourth-order valence-corrected chi connectivity index (χ4v) is 3.27.